The van der Waals surface area contributed by atoms with Crippen LogP contribution in [0.25, 0.3) is 17.4 Å². The van der Waals surface area contributed by atoms with E-state index >= 15 is 0 Å². The van der Waals surface area contributed by atoms with Gasteiger partial charge >= 0.3 is 0 Å². The monoisotopic (exact) mass is 398 g/mol. The number of thioether (sulfide) groups is 1. The largest absolute Gasteiger partial charge is 0.457 e. The first-order valence-electron chi connectivity index (χ1n) is 7.98. The molecule has 1 aromatic heterocycles. The number of carbonyl (C=O) groups excluding carboxylic acids is 1. The Hall–Kier alpha value is -2.83. The number of nitrogens with one attached hydrogen (secondary N) is 1. The summed E-state index contributed by atoms with van der Waals surface area (Å²) in [7, 11) is 0. The SMILES string of the molecule is O=C1NC(=Nc2ccc(F)cc2)S/C1=C\c1ccc(-c2ccccc2Cl)o1. The summed E-state index contributed by atoms with van der Waals surface area (Å²) in [5.41, 5.74) is 1.34. The van der Waals surface area contributed by atoms with Gasteiger partial charge in [-0.1, -0.05) is 23.7 Å². The van der Waals surface area contributed by atoms with Gasteiger partial charge in [-0.3, -0.25) is 4.79 Å². The second-order valence-electron chi connectivity index (χ2n) is 5.64. The van der Waals surface area contributed by atoms with Gasteiger partial charge in [0.05, 0.1) is 15.6 Å². The number of carbonyl (C=O) groups is 1. The van der Waals surface area contributed by atoms with E-state index in [0.29, 0.717) is 32.3 Å². The van der Waals surface area contributed by atoms with Gasteiger partial charge in [0.25, 0.3) is 5.91 Å². The van der Waals surface area contributed by atoms with Crippen LogP contribution in [-0.4, -0.2) is 11.1 Å². The van der Waals surface area contributed by atoms with E-state index < -0.39 is 0 Å². The van der Waals surface area contributed by atoms with Gasteiger partial charge in [0, 0.05) is 11.6 Å². The van der Waals surface area contributed by atoms with E-state index in [-0.39, 0.29) is 11.7 Å². The first-order valence-corrected chi connectivity index (χ1v) is 9.18. The summed E-state index contributed by atoms with van der Waals surface area (Å²) < 4.78 is 18.8. The van der Waals surface area contributed by atoms with E-state index in [9.17, 15) is 9.18 Å². The number of halogens is 2. The van der Waals surface area contributed by atoms with Crippen molar-refractivity contribution in [2.75, 3.05) is 0 Å². The predicted molar refractivity (Wildman–Crippen MR) is 106 cm³/mol. The van der Waals surface area contributed by atoms with Crippen molar-refractivity contribution in [3.63, 3.8) is 0 Å². The third-order valence-electron chi connectivity index (χ3n) is 3.75. The molecule has 0 radical (unpaired) electrons. The first-order chi connectivity index (χ1) is 13.1. The van der Waals surface area contributed by atoms with Crippen molar-refractivity contribution in [1.82, 2.24) is 5.32 Å². The molecule has 0 spiro atoms. The maximum Gasteiger partial charge on any atom is 0.264 e. The standard InChI is InChI=1S/C20H12ClFN2O2S/c21-16-4-2-1-3-15(16)17-10-9-14(26-17)11-18-19(25)24-20(27-18)23-13-7-5-12(22)6-8-13/h1-11H,(H,23,24,25)/b18-11-. The molecule has 1 N–H and O–H groups in total. The maximum absolute atomic E-state index is 13.0. The number of hydrogen-bond donors (Lipinski definition) is 1. The topological polar surface area (TPSA) is 54.6 Å². The van der Waals surface area contributed by atoms with Gasteiger partial charge in [-0.25, -0.2) is 9.38 Å². The van der Waals surface area contributed by atoms with Crippen LogP contribution >= 0.6 is 23.4 Å². The van der Waals surface area contributed by atoms with Crippen molar-refractivity contribution >= 4 is 46.2 Å². The van der Waals surface area contributed by atoms with Crippen LogP contribution in [0.5, 0.6) is 0 Å². The van der Waals surface area contributed by atoms with Gasteiger partial charge in [0.15, 0.2) is 5.17 Å². The average molecular weight is 399 g/mol. The molecule has 3 aromatic rings. The van der Waals surface area contributed by atoms with E-state index in [4.69, 9.17) is 16.0 Å². The molecule has 0 unspecified atom stereocenters. The number of nitrogens with zero attached hydrogens (tertiary/aromatic N) is 1. The average Bonchev–Trinajstić information content (AvgIpc) is 3.25. The molecule has 134 valence electrons. The summed E-state index contributed by atoms with van der Waals surface area (Å²) in [5.74, 6) is 0.549. The van der Waals surface area contributed by atoms with Gasteiger partial charge in [0.1, 0.15) is 17.3 Å². The lowest BCUT2D eigenvalue weighted by Crippen LogP contribution is -2.19. The number of rotatable bonds is 3. The molecule has 1 fully saturated rings. The van der Waals surface area contributed by atoms with Crippen LogP contribution in [0.1, 0.15) is 5.76 Å². The van der Waals surface area contributed by atoms with Crippen molar-refractivity contribution in [3.8, 4) is 11.3 Å². The molecule has 2 aromatic carbocycles. The zero-order chi connectivity index (χ0) is 18.8. The van der Waals surface area contributed by atoms with Gasteiger partial charge in [-0.15, -0.1) is 0 Å². The Morgan fingerprint density at radius 3 is 2.63 bits per heavy atom. The molecule has 0 atom stereocenters. The molecule has 27 heavy (non-hydrogen) atoms. The Morgan fingerprint density at radius 2 is 1.85 bits per heavy atom. The lowest BCUT2D eigenvalue weighted by atomic mass is 10.2. The van der Waals surface area contributed by atoms with Crippen molar-refractivity contribution in [2.24, 2.45) is 4.99 Å². The second-order valence-corrected chi connectivity index (χ2v) is 7.08. The second kappa shape index (κ2) is 7.42. The maximum atomic E-state index is 13.0. The van der Waals surface area contributed by atoms with Gasteiger partial charge in [0.2, 0.25) is 0 Å². The quantitative estimate of drug-likeness (QED) is 0.581. The smallest absolute Gasteiger partial charge is 0.264 e. The molecule has 7 heteroatoms. The summed E-state index contributed by atoms with van der Waals surface area (Å²) in [6.07, 6.45) is 1.65. The van der Waals surface area contributed by atoms with E-state index in [1.165, 1.54) is 23.9 Å². The number of benzene rings is 2. The zero-order valence-corrected chi connectivity index (χ0v) is 15.4. The Kier molecular flexibility index (Phi) is 4.83. The fourth-order valence-corrected chi connectivity index (χ4v) is 3.53. The van der Waals surface area contributed by atoms with Crippen LogP contribution in [0.2, 0.25) is 5.02 Å². The summed E-state index contributed by atoms with van der Waals surface area (Å²) >= 11 is 7.38. The lowest BCUT2D eigenvalue weighted by molar-refractivity contribution is -0.115. The minimum absolute atomic E-state index is 0.267. The number of hydrogen-bond acceptors (Lipinski definition) is 4. The van der Waals surface area contributed by atoms with Crippen LogP contribution in [0, 0.1) is 5.82 Å². The molecular weight excluding hydrogens is 387 g/mol. The van der Waals surface area contributed by atoms with Crippen LogP contribution in [0.15, 0.2) is 75.0 Å². The number of aliphatic imine (C=N–C) groups is 1. The number of amidine groups is 1. The van der Waals surface area contributed by atoms with Crippen LogP contribution in [0.4, 0.5) is 10.1 Å². The molecule has 2 heterocycles. The Balaban J connectivity index is 1.55. The Labute approximate surface area is 163 Å². The van der Waals surface area contributed by atoms with Crippen LogP contribution in [-0.2, 0) is 4.79 Å². The fourth-order valence-electron chi connectivity index (χ4n) is 2.48. The predicted octanol–water partition coefficient (Wildman–Crippen LogP) is 5.63. The van der Waals surface area contributed by atoms with E-state index in [1.807, 2.05) is 18.2 Å². The minimum atomic E-state index is -0.338. The fraction of sp³-hybridized carbons (Fsp3) is 0. The molecule has 0 saturated carbocycles. The van der Waals surface area contributed by atoms with Gasteiger partial charge in [-0.05, 0) is 60.3 Å². The third-order valence-corrected chi connectivity index (χ3v) is 4.99. The highest BCUT2D eigenvalue weighted by Gasteiger charge is 2.24. The molecule has 0 aliphatic carbocycles. The number of amides is 1. The molecule has 4 rings (SSSR count). The number of furan rings is 1. The highest BCUT2D eigenvalue weighted by atomic mass is 35.5. The summed E-state index contributed by atoms with van der Waals surface area (Å²) in [6.45, 7) is 0. The first kappa shape index (κ1) is 17.6. The molecule has 1 saturated heterocycles. The van der Waals surface area contributed by atoms with Crippen molar-refractivity contribution in [3.05, 3.63) is 82.2 Å². The molecule has 0 bridgehead atoms. The van der Waals surface area contributed by atoms with Crippen molar-refractivity contribution in [1.29, 1.82) is 0 Å². The highest BCUT2D eigenvalue weighted by Crippen LogP contribution is 2.32. The summed E-state index contributed by atoms with van der Waals surface area (Å²) in [6, 6.07) is 16.7. The summed E-state index contributed by atoms with van der Waals surface area (Å²) in [4.78, 5) is 16.9. The van der Waals surface area contributed by atoms with E-state index in [2.05, 4.69) is 10.3 Å². The lowest BCUT2D eigenvalue weighted by Gasteiger charge is -1.99. The van der Waals surface area contributed by atoms with Crippen molar-refractivity contribution < 1.29 is 13.6 Å². The van der Waals surface area contributed by atoms with E-state index in [0.717, 1.165) is 5.56 Å². The van der Waals surface area contributed by atoms with Crippen molar-refractivity contribution in [2.45, 2.75) is 0 Å². The Bertz CT molecular complexity index is 1070. The molecule has 1 aliphatic heterocycles. The highest BCUT2D eigenvalue weighted by molar-refractivity contribution is 8.18. The molecule has 1 amide bonds. The summed E-state index contributed by atoms with van der Waals surface area (Å²) in [5, 5.41) is 3.70. The molecular formula is C20H12ClFN2O2S. The van der Waals surface area contributed by atoms with Gasteiger partial charge < -0.3 is 9.73 Å². The zero-order valence-electron chi connectivity index (χ0n) is 13.8. The van der Waals surface area contributed by atoms with Crippen LogP contribution < -0.4 is 5.32 Å². The Morgan fingerprint density at radius 1 is 1.07 bits per heavy atom. The van der Waals surface area contributed by atoms with E-state index in [1.54, 1.807) is 36.4 Å². The third kappa shape index (κ3) is 3.97. The minimum Gasteiger partial charge on any atom is -0.457 e. The van der Waals surface area contributed by atoms with Gasteiger partial charge in [-0.2, -0.15) is 0 Å². The van der Waals surface area contributed by atoms with Crippen LogP contribution in [0.3, 0.4) is 0 Å². The normalized spacial score (nSPS) is 16.9. The molecule has 4 nitrogen and oxygen atoms in total. The molecule has 1 aliphatic rings.